The van der Waals surface area contributed by atoms with E-state index in [2.05, 4.69) is 18.3 Å². The van der Waals surface area contributed by atoms with E-state index in [1.807, 2.05) is 6.92 Å². The van der Waals surface area contributed by atoms with Gasteiger partial charge in [0.1, 0.15) is 6.10 Å². The normalized spacial score (nSPS) is 23.5. The van der Waals surface area contributed by atoms with Crippen molar-refractivity contribution in [1.29, 1.82) is 5.26 Å². The molecule has 0 aliphatic carbocycles. The number of rotatable bonds is 3. The molecule has 1 N–H and O–H groups in total. The summed E-state index contributed by atoms with van der Waals surface area (Å²) >= 11 is 0. The molecule has 0 aromatic rings. The molecule has 0 aromatic heterocycles. The Kier molecular flexibility index (Phi) is 3.71. The van der Waals surface area contributed by atoms with Crippen molar-refractivity contribution in [3.63, 3.8) is 0 Å². The zero-order valence-electron chi connectivity index (χ0n) is 8.47. The number of piperidine rings is 1. The molecule has 0 spiro atoms. The molecule has 1 fully saturated rings. The lowest BCUT2D eigenvalue weighted by atomic mass is 9.94. The third kappa shape index (κ3) is 2.98. The fraction of sp³-hybridized carbons (Fsp3) is 0.900. The van der Waals surface area contributed by atoms with Crippen LogP contribution in [0.5, 0.6) is 0 Å². The average molecular weight is 182 g/mol. The molecule has 1 rings (SSSR count). The Balaban J connectivity index is 2.45. The minimum Gasteiger partial charge on any atom is -0.357 e. The fourth-order valence-electron chi connectivity index (χ4n) is 1.62. The lowest BCUT2D eigenvalue weighted by Gasteiger charge is -2.35. The van der Waals surface area contributed by atoms with Gasteiger partial charge in [0.15, 0.2) is 0 Å². The number of nitrogens with one attached hydrogen (secondary N) is 1. The van der Waals surface area contributed by atoms with Crippen LogP contribution in [0.25, 0.3) is 0 Å². The van der Waals surface area contributed by atoms with Crippen LogP contribution in [-0.4, -0.2) is 24.8 Å². The Bertz CT molecular complexity index is 192. The summed E-state index contributed by atoms with van der Waals surface area (Å²) in [7, 11) is 0. The van der Waals surface area contributed by atoms with Gasteiger partial charge in [-0.25, -0.2) is 0 Å². The van der Waals surface area contributed by atoms with E-state index in [1.165, 1.54) is 0 Å². The Labute approximate surface area is 80.1 Å². The first-order valence-electron chi connectivity index (χ1n) is 4.98. The maximum Gasteiger partial charge on any atom is 0.144 e. The number of nitriles is 1. The number of hydrogen-bond acceptors (Lipinski definition) is 3. The molecule has 1 aliphatic rings. The average Bonchev–Trinajstić information content (AvgIpc) is 2.15. The highest BCUT2D eigenvalue weighted by molar-refractivity contribution is 4.89. The number of ether oxygens (including phenoxy) is 1. The van der Waals surface area contributed by atoms with Gasteiger partial charge in [-0.1, -0.05) is 6.92 Å². The van der Waals surface area contributed by atoms with Gasteiger partial charge in [0.2, 0.25) is 0 Å². The molecule has 0 saturated carbocycles. The van der Waals surface area contributed by atoms with Gasteiger partial charge in [0, 0.05) is 0 Å². The van der Waals surface area contributed by atoms with Gasteiger partial charge in [-0.2, -0.15) is 5.26 Å². The van der Waals surface area contributed by atoms with Crippen molar-refractivity contribution in [1.82, 2.24) is 5.32 Å². The summed E-state index contributed by atoms with van der Waals surface area (Å²) in [5.74, 6) is 0. The van der Waals surface area contributed by atoms with Crippen molar-refractivity contribution in [2.24, 2.45) is 0 Å². The molecular weight excluding hydrogens is 164 g/mol. The zero-order chi connectivity index (χ0) is 9.73. The van der Waals surface area contributed by atoms with Crippen LogP contribution in [0.4, 0.5) is 0 Å². The number of nitrogens with zero attached hydrogens (tertiary/aromatic N) is 1. The summed E-state index contributed by atoms with van der Waals surface area (Å²) in [4.78, 5) is 0. The highest BCUT2D eigenvalue weighted by Crippen LogP contribution is 2.24. The van der Waals surface area contributed by atoms with Gasteiger partial charge >= 0.3 is 0 Å². The molecule has 74 valence electrons. The van der Waals surface area contributed by atoms with E-state index < -0.39 is 0 Å². The van der Waals surface area contributed by atoms with E-state index in [9.17, 15) is 0 Å². The summed E-state index contributed by atoms with van der Waals surface area (Å²) in [6.45, 7) is 6.09. The van der Waals surface area contributed by atoms with Gasteiger partial charge in [-0.15, -0.1) is 0 Å². The van der Waals surface area contributed by atoms with Gasteiger partial charge in [-0.3, -0.25) is 0 Å². The Morgan fingerprint density at radius 1 is 1.54 bits per heavy atom. The fourth-order valence-corrected chi connectivity index (χ4v) is 1.62. The topological polar surface area (TPSA) is 45.0 Å². The van der Waals surface area contributed by atoms with Crippen LogP contribution in [0.15, 0.2) is 0 Å². The molecule has 1 heterocycles. The molecular formula is C10H18N2O. The van der Waals surface area contributed by atoms with Crippen LogP contribution in [-0.2, 0) is 4.74 Å². The first-order valence-corrected chi connectivity index (χ1v) is 4.98. The van der Waals surface area contributed by atoms with Gasteiger partial charge in [0.25, 0.3) is 0 Å². The molecule has 1 aliphatic heterocycles. The SMILES string of the molecule is CCC(C#N)OC1(C)CCNCC1. The first kappa shape index (κ1) is 10.5. The summed E-state index contributed by atoms with van der Waals surface area (Å²) in [6.07, 6.45) is 2.55. The molecule has 0 bridgehead atoms. The predicted octanol–water partition coefficient (Wildman–Crippen LogP) is 1.45. The van der Waals surface area contributed by atoms with E-state index in [1.54, 1.807) is 0 Å². The monoisotopic (exact) mass is 182 g/mol. The van der Waals surface area contributed by atoms with Crippen LogP contribution < -0.4 is 5.32 Å². The summed E-state index contributed by atoms with van der Waals surface area (Å²) in [5, 5.41) is 12.1. The molecule has 1 unspecified atom stereocenters. The first-order chi connectivity index (χ1) is 6.20. The van der Waals surface area contributed by atoms with Gasteiger partial charge < -0.3 is 10.1 Å². The maximum absolute atomic E-state index is 8.78. The molecule has 13 heavy (non-hydrogen) atoms. The van der Waals surface area contributed by atoms with Crippen LogP contribution >= 0.6 is 0 Å². The standard InChI is InChI=1S/C10H18N2O/c1-3-9(8-11)13-10(2)4-6-12-7-5-10/h9,12H,3-7H2,1-2H3. The lowest BCUT2D eigenvalue weighted by Crippen LogP contribution is -2.43. The minimum atomic E-state index is -0.233. The van der Waals surface area contributed by atoms with Crippen molar-refractivity contribution in [3.05, 3.63) is 0 Å². The van der Waals surface area contributed by atoms with Crippen molar-refractivity contribution >= 4 is 0 Å². The third-order valence-corrected chi connectivity index (χ3v) is 2.60. The van der Waals surface area contributed by atoms with E-state index in [4.69, 9.17) is 10.00 Å². The molecule has 0 aromatic carbocycles. The van der Waals surface area contributed by atoms with E-state index in [-0.39, 0.29) is 11.7 Å². The van der Waals surface area contributed by atoms with E-state index in [0.29, 0.717) is 0 Å². The van der Waals surface area contributed by atoms with Gasteiger partial charge in [-0.05, 0) is 39.3 Å². The Morgan fingerprint density at radius 3 is 2.62 bits per heavy atom. The van der Waals surface area contributed by atoms with Crippen molar-refractivity contribution in [2.45, 2.75) is 44.8 Å². The van der Waals surface area contributed by atoms with Gasteiger partial charge in [0.05, 0.1) is 11.7 Å². The zero-order valence-corrected chi connectivity index (χ0v) is 8.47. The van der Waals surface area contributed by atoms with Crippen molar-refractivity contribution < 1.29 is 4.74 Å². The smallest absolute Gasteiger partial charge is 0.144 e. The second kappa shape index (κ2) is 4.59. The Hall–Kier alpha value is -0.590. The highest BCUT2D eigenvalue weighted by Gasteiger charge is 2.29. The van der Waals surface area contributed by atoms with E-state index in [0.717, 1.165) is 32.4 Å². The van der Waals surface area contributed by atoms with Crippen LogP contribution in [0.2, 0.25) is 0 Å². The summed E-state index contributed by atoms with van der Waals surface area (Å²) in [6, 6.07) is 2.18. The largest absolute Gasteiger partial charge is 0.357 e. The molecule has 1 atom stereocenters. The molecule has 3 nitrogen and oxygen atoms in total. The van der Waals surface area contributed by atoms with E-state index >= 15 is 0 Å². The molecule has 1 saturated heterocycles. The van der Waals surface area contributed by atoms with Crippen molar-refractivity contribution in [2.75, 3.05) is 13.1 Å². The maximum atomic E-state index is 8.78. The second-order valence-electron chi connectivity index (χ2n) is 3.84. The quantitative estimate of drug-likeness (QED) is 0.718. The Morgan fingerprint density at radius 2 is 2.15 bits per heavy atom. The number of hydrogen-bond donors (Lipinski definition) is 1. The minimum absolute atomic E-state index is 0.0817. The third-order valence-electron chi connectivity index (χ3n) is 2.60. The lowest BCUT2D eigenvalue weighted by molar-refractivity contribution is -0.0784. The predicted molar refractivity (Wildman–Crippen MR) is 51.3 cm³/mol. The van der Waals surface area contributed by atoms with Crippen molar-refractivity contribution in [3.8, 4) is 6.07 Å². The molecule has 0 amide bonds. The second-order valence-corrected chi connectivity index (χ2v) is 3.84. The molecule has 0 radical (unpaired) electrons. The molecule has 3 heteroatoms. The summed E-state index contributed by atoms with van der Waals surface area (Å²) in [5.41, 5.74) is -0.0817. The van der Waals surface area contributed by atoms with Crippen LogP contribution in [0.1, 0.15) is 33.1 Å². The highest BCUT2D eigenvalue weighted by atomic mass is 16.5. The van der Waals surface area contributed by atoms with Crippen LogP contribution in [0, 0.1) is 11.3 Å². The summed E-state index contributed by atoms with van der Waals surface area (Å²) < 4.78 is 5.78. The van der Waals surface area contributed by atoms with Crippen LogP contribution in [0.3, 0.4) is 0 Å².